The van der Waals surface area contributed by atoms with Crippen molar-refractivity contribution in [2.45, 2.75) is 26.3 Å². The maximum atomic E-state index is 13.7. The predicted octanol–water partition coefficient (Wildman–Crippen LogP) is 3.34. The van der Waals surface area contributed by atoms with E-state index in [1.807, 2.05) is 39.2 Å². The molecule has 0 saturated carbocycles. The highest BCUT2D eigenvalue weighted by molar-refractivity contribution is 5.28. The summed E-state index contributed by atoms with van der Waals surface area (Å²) in [6.07, 6.45) is 2.45. The molecule has 100 valence electrons. The van der Waals surface area contributed by atoms with Gasteiger partial charge < -0.3 is 5.32 Å². The van der Waals surface area contributed by atoms with Crippen molar-refractivity contribution in [3.05, 3.63) is 64.7 Å². The smallest absolute Gasteiger partial charge is 0.126 e. The first-order valence-electron chi connectivity index (χ1n) is 6.45. The summed E-state index contributed by atoms with van der Waals surface area (Å²) >= 11 is 0. The molecule has 3 heteroatoms. The number of aromatic nitrogens is 1. The number of rotatable bonds is 4. The van der Waals surface area contributed by atoms with Crippen molar-refractivity contribution in [3.8, 4) is 0 Å². The van der Waals surface area contributed by atoms with Gasteiger partial charge in [0, 0.05) is 6.20 Å². The van der Waals surface area contributed by atoms with E-state index < -0.39 is 0 Å². The second kappa shape index (κ2) is 5.93. The van der Waals surface area contributed by atoms with Gasteiger partial charge >= 0.3 is 0 Å². The number of halogens is 1. The van der Waals surface area contributed by atoms with Crippen LogP contribution in [-0.2, 0) is 6.42 Å². The van der Waals surface area contributed by atoms with Gasteiger partial charge in [-0.05, 0) is 50.1 Å². The molecule has 2 nitrogen and oxygen atoms in total. The Morgan fingerprint density at radius 3 is 2.63 bits per heavy atom. The van der Waals surface area contributed by atoms with Crippen molar-refractivity contribution in [2.24, 2.45) is 0 Å². The Hall–Kier alpha value is -1.74. The monoisotopic (exact) mass is 258 g/mol. The Kier molecular flexibility index (Phi) is 4.27. The molecule has 0 aliphatic heterocycles. The molecule has 19 heavy (non-hydrogen) atoms. The van der Waals surface area contributed by atoms with E-state index in [-0.39, 0.29) is 11.9 Å². The average molecular weight is 258 g/mol. The molecule has 0 spiro atoms. The minimum Gasteiger partial charge on any atom is -0.311 e. The molecule has 0 aliphatic rings. The lowest BCUT2D eigenvalue weighted by Gasteiger charge is -2.18. The standard InChI is InChI=1S/C16H19FN2/c1-11-8-12(2)16(19-10-11)15(18-3)9-13-6-4-5-7-14(13)17/h4-8,10,15,18H,9H2,1-3H3. The zero-order valence-electron chi connectivity index (χ0n) is 11.6. The third-order valence-corrected chi connectivity index (χ3v) is 3.32. The average Bonchev–Trinajstić information content (AvgIpc) is 2.39. The number of likely N-dealkylation sites (N-methyl/N-ethyl adjacent to an activating group) is 1. The molecule has 0 amide bonds. The van der Waals surface area contributed by atoms with Gasteiger partial charge in [0.2, 0.25) is 0 Å². The second-order valence-corrected chi connectivity index (χ2v) is 4.85. The van der Waals surface area contributed by atoms with Crippen molar-refractivity contribution in [1.29, 1.82) is 0 Å². The number of aryl methyl sites for hydroxylation is 2. The van der Waals surface area contributed by atoms with Crippen LogP contribution in [-0.4, -0.2) is 12.0 Å². The first kappa shape index (κ1) is 13.7. The van der Waals surface area contributed by atoms with E-state index in [1.54, 1.807) is 6.07 Å². The molecule has 0 aliphatic carbocycles. The number of hydrogen-bond acceptors (Lipinski definition) is 2. The molecule has 0 saturated heterocycles. The van der Waals surface area contributed by atoms with Crippen LogP contribution in [0, 0.1) is 19.7 Å². The summed E-state index contributed by atoms with van der Waals surface area (Å²) in [4.78, 5) is 4.49. The molecule has 1 atom stereocenters. The number of benzene rings is 1. The Morgan fingerprint density at radius 1 is 1.26 bits per heavy atom. The normalized spacial score (nSPS) is 12.4. The Balaban J connectivity index is 2.28. The highest BCUT2D eigenvalue weighted by Crippen LogP contribution is 2.21. The lowest BCUT2D eigenvalue weighted by Crippen LogP contribution is -2.21. The van der Waals surface area contributed by atoms with Gasteiger partial charge in [0.05, 0.1) is 11.7 Å². The van der Waals surface area contributed by atoms with Crippen molar-refractivity contribution >= 4 is 0 Å². The molecule has 1 heterocycles. The van der Waals surface area contributed by atoms with E-state index in [9.17, 15) is 4.39 Å². The molecular weight excluding hydrogens is 239 g/mol. The Morgan fingerprint density at radius 2 is 2.00 bits per heavy atom. The highest BCUT2D eigenvalue weighted by atomic mass is 19.1. The van der Waals surface area contributed by atoms with Crippen molar-refractivity contribution in [2.75, 3.05) is 7.05 Å². The van der Waals surface area contributed by atoms with Crippen LogP contribution in [0.2, 0.25) is 0 Å². The minimum atomic E-state index is -0.160. The molecule has 1 unspecified atom stereocenters. The quantitative estimate of drug-likeness (QED) is 0.909. The SMILES string of the molecule is CNC(Cc1ccccc1F)c1ncc(C)cc1C. The molecule has 0 radical (unpaired) electrons. The van der Waals surface area contributed by atoms with E-state index in [0.29, 0.717) is 12.0 Å². The van der Waals surface area contributed by atoms with Gasteiger partial charge in [0.25, 0.3) is 0 Å². The summed E-state index contributed by atoms with van der Waals surface area (Å²) < 4.78 is 13.7. The van der Waals surface area contributed by atoms with Gasteiger partial charge in [-0.3, -0.25) is 4.98 Å². The van der Waals surface area contributed by atoms with Gasteiger partial charge in [0.15, 0.2) is 0 Å². The zero-order valence-corrected chi connectivity index (χ0v) is 11.6. The van der Waals surface area contributed by atoms with Crippen molar-refractivity contribution in [1.82, 2.24) is 10.3 Å². The van der Waals surface area contributed by atoms with Crippen LogP contribution >= 0.6 is 0 Å². The van der Waals surface area contributed by atoms with Crippen molar-refractivity contribution < 1.29 is 4.39 Å². The summed E-state index contributed by atoms with van der Waals surface area (Å²) in [5, 5.41) is 3.23. The molecular formula is C16H19FN2. The van der Waals surface area contributed by atoms with Gasteiger partial charge in [0.1, 0.15) is 5.82 Å². The van der Waals surface area contributed by atoms with Crippen LogP contribution < -0.4 is 5.32 Å². The number of nitrogens with zero attached hydrogens (tertiary/aromatic N) is 1. The lowest BCUT2D eigenvalue weighted by atomic mass is 9.99. The summed E-state index contributed by atoms with van der Waals surface area (Å²) in [5.74, 6) is -0.160. The third kappa shape index (κ3) is 3.18. The van der Waals surface area contributed by atoms with Gasteiger partial charge in [-0.2, -0.15) is 0 Å². The number of pyridine rings is 1. The summed E-state index contributed by atoms with van der Waals surface area (Å²) in [6.45, 7) is 4.07. The lowest BCUT2D eigenvalue weighted by molar-refractivity contribution is 0.542. The summed E-state index contributed by atoms with van der Waals surface area (Å²) in [5.41, 5.74) is 3.97. The highest BCUT2D eigenvalue weighted by Gasteiger charge is 2.15. The van der Waals surface area contributed by atoms with Gasteiger partial charge in [-0.25, -0.2) is 4.39 Å². The van der Waals surface area contributed by atoms with E-state index in [4.69, 9.17) is 0 Å². The summed E-state index contributed by atoms with van der Waals surface area (Å²) in [6, 6.07) is 9.02. The minimum absolute atomic E-state index is 0.0255. The number of nitrogens with one attached hydrogen (secondary N) is 1. The predicted molar refractivity (Wildman–Crippen MR) is 75.6 cm³/mol. The molecule has 0 fully saturated rings. The van der Waals surface area contributed by atoms with E-state index in [0.717, 1.165) is 16.8 Å². The van der Waals surface area contributed by atoms with E-state index >= 15 is 0 Å². The molecule has 1 aromatic carbocycles. The Labute approximate surface area is 113 Å². The maximum Gasteiger partial charge on any atom is 0.126 e. The topological polar surface area (TPSA) is 24.9 Å². The van der Waals surface area contributed by atoms with Gasteiger partial charge in [-0.15, -0.1) is 0 Å². The number of hydrogen-bond donors (Lipinski definition) is 1. The second-order valence-electron chi connectivity index (χ2n) is 4.85. The van der Waals surface area contributed by atoms with Crippen LogP contribution in [0.5, 0.6) is 0 Å². The largest absolute Gasteiger partial charge is 0.311 e. The Bertz CT molecular complexity index is 566. The third-order valence-electron chi connectivity index (χ3n) is 3.32. The van der Waals surface area contributed by atoms with Crippen LogP contribution in [0.1, 0.15) is 28.4 Å². The first-order valence-corrected chi connectivity index (χ1v) is 6.45. The van der Waals surface area contributed by atoms with Crippen LogP contribution in [0.15, 0.2) is 36.5 Å². The fraction of sp³-hybridized carbons (Fsp3) is 0.312. The fourth-order valence-electron chi connectivity index (χ4n) is 2.31. The molecule has 1 N–H and O–H groups in total. The molecule has 2 rings (SSSR count). The van der Waals surface area contributed by atoms with Gasteiger partial charge in [-0.1, -0.05) is 24.3 Å². The first-order chi connectivity index (χ1) is 9.11. The fourth-order valence-corrected chi connectivity index (χ4v) is 2.31. The zero-order chi connectivity index (χ0) is 13.8. The van der Waals surface area contributed by atoms with Crippen molar-refractivity contribution in [3.63, 3.8) is 0 Å². The van der Waals surface area contributed by atoms with Crippen LogP contribution in [0.25, 0.3) is 0 Å². The van der Waals surface area contributed by atoms with E-state index in [2.05, 4.69) is 16.4 Å². The van der Waals surface area contributed by atoms with Crippen LogP contribution in [0.3, 0.4) is 0 Å². The van der Waals surface area contributed by atoms with Crippen LogP contribution in [0.4, 0.5) is 4.39 Å². The maximum absolute atomic E-state index is 13.7. The van der Waals surface area contributed by atoms with E-state index in [1.165, 1.54) is 6.07 Å². The molecule has 2 aromatic rings. The molecule has 1 aromatic heterocycles. The summed E-state index contributed by atoms with van der Waals surface area (Å²) in [7, 11) is 1.88. The molecule has 0 bridgehead atoms.